The predicted molar refractivity (Wildman–Crippen MR) is 165 cm³/mol. The van der Waals surface area contributed by atoms with Crippen LogP contribution in [0.4, 0.5) is 0 Å². The topological polar surface area (TPSA) is 249 Å². The first-order valence-electron chi connectivity index (χ1n) is 14.8. The van der Waals surface area contributed by atoms with E-state index in [1.165, 1.54) is 38.1 Å². The molecule has 1 fully saturated rings. The molecule has 250 valence electrons. The van der Waals surface area contributed by atoms with Gasteiger partial charge in [-0.1, -0.05) is 0 Å². The zero-order valence-corrected chi connectivity index (χ0v) is 25.5. The molecule has 14 nitrogen and oxygen atoms in total. The zero-order chi connectivity index (χ0) is 35.4. The van der Waals surface area contributed by atoms with Crippen molar-refractivity contribution in [3.05, 3.63) is 92.0 Å². The first-order chi connectivity index (χ1) is 23.1. The second-order valence-corrected chi connectivity index (χ2v) is 12.2. The molecule has 4 unspecified atom stereocenters. The van der Waals surface area contributed by atoms with Crippen molar-refractivity contribution in [1.82, 2.24) is 0 Å². The standard InChI is InChI=1S/C35H26O14/c1-10-3-12-21(14(36)5-10)32(45)24-17(39)7-16(38)23(27(24)29(12)42)26-20(49-35-34(47)31(44)19(41)9-48-35)8-18(40)25-28(26)30(43)13-4-11(2)6-15(37)22(13)33(25)46/h3-8,19,31,34-41,44,47H,9H2,1-2H3. The molecule has 0 aromatic heterocycles. The second kappa shape index (κ2) is 10.9. The first kappa shape index (κ1) is 31.8. The lowest BCUT2D eigenvalue weighted by Gasteiger charge is -2.36. The molecule has 49 heavy (non-hydrogen) atoms. The van der Waals surface area contributed by atoms with Gasteiger partial charge in [-0.2, -0.15) is 0 Å². The minimum Gasteiger partial charge on any atom is -0.507 e. The third-order valence-electron chi connectivity index (χ3n) is 8.88. The quantitative estimate of drug-likeness (QED) is 0.134. The average Bonchev–Trinajstić information content (AvgIpc) is 3.02. The average molecular weight is 671 g/mol. The molecular weight excluding hydrogens is 644 g/mol. The van der Waals surface area contributed by atoms with Gasteiger partial charge in [-0.05, 0) is 49.2 Å². The zero-order valence-electron chi connectivity index (χ0n) is 25.5. The Balaban J connectivity index is 1.58. The highest BCUT2D eigenvalue weighted by Crippen LogP contribution is 2.53. The number of hydrogen-bond acceptors (Lipinski definition) is 14. The molecule has 14 heteroatoms. The van der Waals surface area contributed by atoms with Crippen LogP contribution >= 0.6 is 0 Å². The van der Waals surface area contributed by atoms with Crippen LogP contribution in [0.2, 0.25) is 0 Å². The van der Waals surface area contributed by atoms with E-state index in [9.17, 15) is 60.0 Å². The summed E-state index contributed by atoms with van der Waals surface area (Å²) < 4.78 is 11.2. The van der Waals surface area contributed by atoms with Crippen LogP contribution in [0.25, 0.3) is 11.1 Å². The third kappa shape index (κ3) is 4.49. The van der Waals surface area contributed by atoms with E-state index in [2.05, 4.69) is 0 Å². The van der Waals surface area contributed by atoms with E-state index in [1.54, 1.807) is 0 Å². The van der Waals surface area contributed by atoms with Crippen molar-refractivity contribution in [3.63, 3.8) is 0 Å². The molecule has 1 saturated heterocycles. The maximum Gasteiger partial charge on any atom is 0.228 e. The maximum absolute atomic E-state index is 14.4. The molecule has 8 N–H and O–H groups in total. The summed E-state index contributed by atoms with van der Waals surface area (Å²) in [6.45, 7) is 2.54. The molecule has 0 spiro atoms. The number of phenolic OH excluding ortho intramolecular Hbond substituents is 5. The van der Waals surface area contributed by atoms with Crippen LogP contribution in [0.5, 0.6) is 34.5 Å². The fourth-order valence-electron chi connectivity index (χ4n) is 6.71. The number of fused-ring (bicyclic) bond motifs is 4. The van der Waals surface area contributed by atoms with Gasteiger partial charge in [0.25, 0.3) is 0 Å². The molecule has 0 saturated carbocycles. The van der Waals surface area contributed by atoms with Crippen LogP contribution in [-0.4, -0.2) is 95.2 Å². The molecule has 4 aromatic rings. The van der Waals surface area contributed by atoms with Gasteiger partial charge in [0, 0.05) is 45.5 Å². The summed E-state index contributed by atoms with van der Waals surface area (Å²) >= 11 is 0. The Labute approximate surface area is 275 Å². The lowest BCUT2D eigenvalue weighted by molar-refractivity contribution is -0.241. The highest BCUT2D eigenvalue weighted by atomic mass is 16.7. The van der Waals surface area contributed by atoms with Gasteiger partial charge in [0.1, 0.15) is 52.8 Å². The van der Waals surface area contributed by atoms with Gasteiger partial charge in [0.15, 0.2) is 11.6 Å². The van der Waals surface area contributed by atoms with Gasteiger partial charge in [-0.3, -0.25) is 19.2 Å². The van der Waals surface area contributed by atoms with E-state index in [0.717, 1.165) is 6.07 Å². The molecule has 4 atom stereocenters. The van der Waals surface area contributed by atoms with Gasteiger partial charge in [0.2, 0.25) is 17.9 Å². The van der Waals surface area contributed by atoms with Crippen LogP contribution in [-0.2, 0) is 4.74 Å². The number of hydrogen-bond donors (Lipinski definition) is 8. The first-order valence-corrected chi connectivity index (χ1v) is 14.8. The molecular formula is C35H26O14. The van der Waals surface area contributed by atoms with E-state index in [1.807, 2.05) is 0 Å². The Hall–Kier alpha value is -5.80. The Kier molecular flexibility index (Phi) is 7.05. The second-order valence-electron chi connectivity index (χ2n) is 12.2. The highest BCUT2D eigenvalue weighted by Gasteiger charge is 2.45. The number of aliphatic hydroxyl groups excluding tert-OH is 3. The number of carbonyl (C=O) groups excluding carboxylic acids is 4. The summed E-state index contributed by atoms with van der Waals surface area (Å²) in [6, 6.07) is 6.55. The number of aryl methyl sites for hydroxylation is 2. The molecule has 0 amide bonds. The number of aromatic hydroxyl groups is 5. The van der Waals surface area contributed by atoms with Crippen molar-refractivity contribution in [2.24, 2.45) is 0 Å². The van der Waals surface area contributed by atoms with Crippen molar-refractivity contribution in [2.45, 2.75) is 38.4 Å². The Morgan fingerprint density at radius 1 is 0.531 bits per heavy atom. The van der Waals surface area contributed by atoms with E-state index in [4.69, 9.17) is 9.47 Å². The fraction of sp³-hybridized carbons (Fsp3) is 0.200. The Morgan fingerprint density at radius 2 is 0.980 bits per heavy atom. The van der Waals surface area contributed by atoms with Crippen molar-refractivity contribution in [1.29, 1.82) is 0 Å². The van der Waals surface area contributed by atoms with Crippen LogP contribution in [0.3, 0.4) is 0 Å². The van der Waals surface area contributed by atoms with Crippen LogP contribution < -0.4 is 4.74 Å². The number of aliphatic hydroxyl groups is 3. The lowest BCUT2D eigenvalue weighted by Crippen LogP contribution is -2.54. The van der Waals surface area contributed by atoms with Crippen molar-refractivity contribution >= 4 is 23.1 Å². The van der Waals surface area contributed by atoms with Gasteiger partial charge in [-0.25, -0.2) is 0 Å². The predicted octanol–water partition coefficient (Wildman–Crippen LogP) is 1.87. The maximum atomic E-state index is 14.4. The Bertz CT molecular complexity index is 2220. The van der Waals surface area contributed by atoms with Gasteiger partial charge in [-0.15, -0.1) is 0 Å². The normalized spacial score (nSPS) is 21.2. The van der Waals surface area contributed by atoms with E-state index in [0.29, 0.717) is 17.2 Å². The number of ketones is 4. The van der Waals surface area contributed by atoms with Crippen molar-refractivity contribution in [3.8, 4) is 45.6 Å². The van der Waals surface area contributed by atoms with Crippen LogP contribution in [0, 0.1) is 13.8 Å². The van der Waals surface area contributed by atoms with Crippen molar-refractivity contribution in [2.75, 3.05) is 6.61 Å². The molecule has 0 radical (unpaired) electrons. The number of benzene rings is 4. The minimum atomic E-state index is -1.92. The largest absolute Gasteiger partial charge is 0.507 e. The smallest absolute Gasteiger partial charge is 0.228 e. The van der Waals surface area contributed by atoms with Gasteiger partial charge in [0.05, 0.1) is 28.9 Å². The summed E-state index contributed by atoms with van der Waals surface area (Å²) in [5.41, 5.74) is -4.61. The van der Waals surface area contributed by atoms with Crippen LogP contribution in [0.15, 0.2) is 36.4 Å². The molecule has 1 heterocycles. The van der Waals surface area contributed by atoms with Crippen LogP contribution in [0.1, 0.15) is 74.8 Å². The molecule has 7 rings (SSSR count). The van der Waals surface area contributed by atoms with Gasteiger partial charge >= 0.3 is 0 Å². The Morgan fingerprint density at radius 3 is 1.51 bits per heavy atom. The fourth-order valence-corrected chi connectivity index (χ4v) is 6.71. The van der Waals surface area contributed by atoms with E-state index >= 15 is 0 Å². The highest BCUT2D eigenvalue weighted by molar-refractivity contribution is 6.35. The summed E-state index contributed by atoms with van der Waals surface area (Å²) in [4.78, 5) is 56.4. The summed E-state index contributed by atoms with van der Waals surface area (Å²) in [6.07, 6.45) is -7.02. The van der Waals surface area contributed by atoms with E-state index in [-0.39, 0.29) is 11.1 Å². The SMILES string of the molecule is Cc1cc(O)c2c(c1)C(=O)c1c(c(O)cc(O)c1-c1c(OC3OCC(O)C(O)C3O)cc(O)c3c1C(=O)c1cc(C)cc(O)c1C3=O)C2=O. The number of ether oxygens (including phenoxy) is 2. The molecule has 3 aliphatic rings. The molecule has 2 aliphatic carbocycles. The number of carbonyl (C=O) groups is 4. The summed E-state index contributed by atoms with van der Waals surface area (Å²) in [5.74, 6) is -8.40. The van der Waals surface area contributed by atoms with E-state index < -0.39 is 133 Å². The number of rotatable bonds is 3. The third-order valence-corrected chi connectivity index (χ3v) is 8.88. The number of phenols is 5. The molecule has 1 aliphatic heterocycles. The molecule has 4 aromatic carbocycles. The minimum absolute atomic E-state index is 0.312. The summed E-state index contributed by atoms with van der Waals surface area (Å²) in [7, 11) is 0. The summed E-state index contributed by atoms with van der Waals surface area (Å²) in [5, 5.41) is 85.8. The lowest BCUT2D eigenvalue weighted by atomic mass is 9.74. The monoisotopic (exact) mass is 670 g/mol. The van der Waals surface area contributed by atoms with Crippen molar-refractivity contribution < 1.29 is 69.5 Å². The van der Waals surface area contributed by atoms with Gasteiger partial charge < -0.3 is 50.3 Å². The molecule has 0 bridgehead atoms.